The molecule has 1 amide bonds. The molecule has 5 nitrogen and oxygen atoms in total. The Morgan fingerprint density at radius 3 is 2.41 bits per heavy atom. The Morgan fingerprint density at radius 1 is 1.24 bits per heavy atom. The normalized spacial score (nSPS) is 14.1. The van der Waals surface area contributed by atoms with Gasteiger partial charge < -0.3 is 16.2 Å². The summed E-state index contributed by atoms with van der Waals surface area (Å²) in [5, 5.41) is 11.3. The zero-order valence-electron chi connectivity index (χ0n) is 10.7. The fourth-order valence-electron chi connectivity index (χ4n) is 1.55. The van der Waals surface area contributed by atoms with Crippen LogP contribution in [0.2, 0.25) is 0 Å². The second-order valence-corrected chi connectivity index (χ2v) is 4.73. The number of carbonyl (C=O) groups is 2. The first-order valence-electron chi connectivity index (χ1n) is 6.14. The topological polar surface area (TPSA) is 92.4 Å². The highest BCUT2D eigenvalue weighted by molar-refractivity contribution is 5.76. The Morgan fingerprint density at radius 2 is 1.88 bits per heavy atom. The molecule has 100 valence electrons. The van der Waals surface area contributed by atoms with E-state index in [1.807, 2.05) is 6.92 Å². The van der Waals surface area contributed by atoms with Crippen LogP contribution >= 0.6 is 0 Å². The maximum atomic E-state index is 11.5. The minimum Gasteiger partial charge on any atom is -0.481 e. The van der Waals surface area contributed by atoms with E-state index in [9.17, 15) is 9.59 Å². The van der Waals surface area contributed by atoms with Crippen molar-refractivity contribution in [1.29, 1.82) is 0 Å². The van der Waals surface area contributed by atoms with E-state index >= 15 is 0 Å². The van der Waals surface area contributed by atoms with Gasteiger partial charge in [-0.05, 0) is 31.2 Å². The molecule has 0 saturated heterocycles. The first-order chi connectivity index (χ1) is 7.95. The minimum absolute atomic E-state index is 0.00823. The lowest BCUT2D eigenvalue weighted by molar-refractivity contribution is -0.138. The Hall–Kier alpha value is -1.10. The van der Waals surface area contributed by atoms with Gasteiger partial charge in [0.05, 0.1) is 0 Å². The second kappa shape index (κ2) is 8.98. The molecule has 17 heavy (non-hydrogen) atoms. The maximum absolute atomic E-state index is 11.5. The zero-order valence-corrected chi connectivity index (χ0v) is 10.7. The van der Waals surface area contributed by atoms with Gasteiger partial charge in [-0.3, -0.25) is 9.59 Å². The van der Waals surface area contributed by atoms with Crippen LogP contribution in [0, 0.1) is 11.8 Å². The average Bonchev–Trinajstić information content (AvgIpc) is 2.23. The van der Waals surface area contributed by atoms with Crippen molar-refractivity contribution in [2.24, 2.45) is 17.6 Å². The van der Waals surface area contributed by atoms with E-state index in [4.69, 9.17) is 10.8 Å². The zero-order chi connectivity index (χ0) is 13.3. The molecule has 0 aliphatic carbocycles. The van der Waals surface area contributed by atoms with E-state index in [2.05, 4.69) is 12.2 Å². The molecule has 0 fully saturated rings. The van der Waals surface area contributed by atoms with Crippen molar-refractivity contribution in [2.75, 3.05) is 13.1 Å². The van der Waals surface area contributed by atoms with Gasteiger partial charge in [-0.15, -0.1) is 0 Å². The van der Waals surface area contributed by atoms with Crippen LogP contribution in [0.5, 0.6) is 0 Å². The standard InChI is InChI=1S/C12H24N2O3/c1-9(5-6-13)3-4-11(15)14-8-10(2)7-12(16)17/h9-10H,3-8,13H2,1-2H3,(H,14,15)(H,16,17). The number of carbonyl (C=O) groups excluding carboxylic acids is 1. The molecule has 0 aliphatic rings. The van der Waals surface area contributed by atoms with Crippen molar-refractivity contribution in [3.05, 3.63) is 0 Å². The molecule has 0 saturated carbocycles. The maximum Gasteiger partial charge on any atom is 0.303 e. The van der Waals surface area contributed by atoms with E-state index in [0.717, 1.165) is 12.8 Å². The van der Waals surface area contributed by atoms with Crippen LogP contribution < -0.4 is 11.1 Å². The van der Waals surface area contributed by atoms with Crippen LogP contribution in [-0.2, 0) is 9.59 Å². The van der Waals surface area contributed by atoms with Crippen molar-refractivity contribution in [1.82, 2.24) is 5.32 Å². The van der Waals surface area contributed by atoms with E-state index in [1.54, 1.807) is 0 Å². The van der Waals surface area contributed by atoms with Gasteiger partial charge in [0, 0.05) is 19.4 Å². The van der Waals surface area contributed by atoms with Crippen molar-refractivity contribution in [2.45, 2.75) is 39.5 Å². The predicted octanol–water partition coefficient (Wildman–Crippen LogP) is 0.979. The molecule has 0 spiro atoms. The van der Waals surface area contributed by atoms with Gasteiger partial charge in [0.1, 0.15) is 0 Å². The molecule has 0 heterocycles. The van der Waals surface area contributed by atoms with Crippen LogP contribution in [0.15, 0.2) is 0 Å². The SMILES string of the molecule is CC(CCN)CCC(=O)NCC(C)CC(=O)O. The van der Waals surface area contributed by atoms with Gasteiger partial charge in [-0.25, -0.2) is 0 Å². The number of amides is 1. The second-order valence-electron chi connectivity index (χ2n) is 4.73. The first-order valence-corrected chi connectivity index (χ1v) is 6.14. The highest BCUT2D eigenvalue weighted by atomic mass is 16.4. The van der Waals surface area contributed by atoms with E-state index in [1.165, 1.54) is 0 Å². The third-order valence-electron chi connectivity index (χ3n) is 2.69. The lowest BCUT2D eigenvalue weighted by Crippen LogP contribution is -2.29. The Balaban J connectivity index is 3.62. The van der Waals surface area contributed by atoms with E-state index in [-0.39, 0.29) is 18.2 Å². The number of carboxylic acid groups (broad SMARTS) is 1. The minimum atomic E-state index is -0.830. The number of nitrogens with one attached hydrogen (secondary N) is 1. The molecule has 0 aromatic rings. The van der Waals surface area contributed by atoms with Crippen molar-refractivity contribution in [3.63, 3.8) is 0 Å². The smallest absolute Gasteiger partial charge is 0.303 e. The first kappa shape index (κ1) is 15.9. The number of nitrogens with two attached hydrogens (primary N) is 1. The van der Waals surface area contributed by atoms with Crippen LogP contribution in [-0.4, -0.2) is 30.1 Å². The van der Waals surface area contributed by atoms with Gasteiger partial charge in [0.2, 0.25) is 5.91 Å². The van der Waals surface area contributed by atoms with Crippen LogP contribution in [0.3, 0.4) is 0 Å². The number of hydrogen-bond acceptors (Lipinski definition) is 3. The van der Waals surface area contributed by atoms with E-state index < -0.39 is 5.97 Å². The Labute approximate surface area is 103 Å². The summed E-state index contributed by atoms with van der Waals surface area (Å²) >= 11 is 0. The number of rotatable bonds is 9. The predicted molar refractivity (Wildman–Crippen MR) is 66.5 cm³/mol. The molecular formula is C12H24N2O3. The molecule has 0 aromatic heterocycles. The average molecular weight is 244 g/mol. The van der Waals surface area contributed by atoms with Gasteiger partial charge in [-0.1, -0.05) is 13.8 Å². The van der Waals surface area contributed by atoms with Crippen LogP contribution in [0.1, 0.15) is 39.5 Å². The van der Waals surface area contributed by atoms with Gasteiger partial charge in [0.25, 0.3) is 0 Å². The van der Waals surface area contributed by atoms with Gasteiger partial charge in [0.15, 0.2) is 0 Å². The summed E-state index contributed by atoms with van der Waals surface area (Å²) in [6, 6.07) is 0. The summed E-state index contributed by atoms with van der Waals surface area (Å²) in [6.07, 6.45) is 2.34. The van der Waals surface area contributed by atoms with Crippen LogP contribution in [0.25, 0.3) is 0 Å². The summed E-state index contributed by atoms with van der Waals surface area (Å²) in [6.45, 7) is 4.97. The van der Waals surface area contributed by atoms with Crippen molar-refractivity contribution < 1.29 is 14.7 Å². The molecule has 0 rings (SSSR count). The largest absolute Gasteiger partial charge is 0.481 e. The number of hydrogen-bond donors (Lipinski definition) is 3. The molecular weight excluding hydrogens is 220 g/mol. The monoisotopic (exact) mass is 244 g/mol. The quantitative estimate of drug-likeness (QED) is 0.563. The molecule has 0 radical (unpaired) electrons. The van der Waals surface area contributed by atoms with E-state index in [0.29, 0.717) is 25.4 Å². The molecule has 2 atom stereocenters. The fourth-order valence-corrected chi connectivity index (χ4v) is 1.55. The summed E-state index contributed by atoms with van der Waals surface area (Å²) in [7, 11) is 0. The third-order valence-corrected chi connectivity index (χ3v) is 2.69. The molecule has 5 heteroatoms. The summed E-state index contributed by atoms with van der Waals surface area (Å²) in [5.74, 6) is -0.408. The van der Waals surface area contributed by atoms with Crippen molar-refractivity contribution >= 4 is 11.9 Å². The molecule has 4 N–H and O–H groups in total. The lowest BCUT2D eigenvalue weighted by atomic mass is 10.0. The van der Waals surface area contributed by atoms with Crippen LogP contribution in [0.4, 0.5) is 0 Å². The summed E-state index contributed by atoms with van der Waals surface area (Å²) in [4.78, 5) is 21.9. The number of aliphatic carboxylic acids is 1. The van der Waals surface area contributed by atoms with Crippen molar-refractivity contribution in [3.8, 4) is 0 Å². The Bertz CT molecular complexity index is 244. The summed E-state index contributed by atoms with van der Waals surface area (Å²) < 4.78 is 0. The highest BCUT2D eigenvalue weighted by Crippen LogP contribution is 2.08. The molecule has 0 bridgehead atoms. The third kappa shape index (κ3) is 9.81. The van der Waals surface area contributed by atoms with Gasteiger partial charge in [-0.2, -0.15) is 0 Å². The fraction of sp³-hybridized carbons (Fsp3) is 0.833. The lowest BCUT2D eigenvalue weighted by Gasteiger charge is -2.12. The molecule has 2 unspecified atom stereocenters. The number of carboxylic acids is 1. The molecule has 0 aliphatic heterocycles. The molecule has 0 aromatic carbocycles. The summed E-state index contributed by atoms with van der Waals surface area (Å²) in [5.41, 5.74) is 5.42. The highest BCUT2D eigenvalue weighted by Gasteiger charge is 2.10. The van der Waals surface area contributed by atoms with Gasteiger partial charge >= 0.3 is 5.97 Å². The Kier molecular flexibility index (Phi) is 8.40.